The summed E-state index contributed by atoms with van der Waals surface area (Å²) in [6, 6.07) is 10.0. The third-order valence-electron chi connectivity index (χ3n) is 6.66. The van der Waals surface area contributed by atoms with E-state index < -0.39 is 29.4 Å². The molecule has 0 saturated carbocycles. The van der Waals surface area contributed by atoms with Crippen molar-refractivity contribution in [2.45, 2.75) is 45.6 Å². The molecule has 2 aromatic carbocycles. The van der Waals surface area contributed by atoms with E-state index >= 15 is 4.39 Å². The number of imide groups is 1. The van der Waals surface area contributed by atoms with E-state index in [2.05, 4.69) is 31.0 Å². The molecule has 1 N–H and O–H groups in total. The molecule has 2 aliphatic heterocycles. The van der Waals surface area contributed by atoms with Gasteiger partial charge in [0.25, 0.3) is 11.1 Å². The Morgan fingerprint density at radius 2 is 1.94 bits per heavy atom. The van der Waals surface area contributed by atoms with Crippen LogP contribution >= 0.6 is 11.8 Å². The van der Waals surface area contributed by atoms with Crippen LogP contribution in [0.15, 0.2) is 41.3 Å². The maximum atomic E-state index is 15.1. The number of hydrogen-bond acceptors (Lipinski definition) is 6. The van der Waals surface area contributed by atoms with Gasteiger partial charge in [-0.3, -0.25) is 19.3 Å². The Morgan fingerprint density at radius 3 is 2.61 bits per heavy atom. The summed E-state index contributed by atoms with van der Waals surface area (Å²) in [5, 5.41) is 2.10. The fourth-order valence-corrected chi connectivity index (χ4v) is 5.47. The Balaban J connectivity index is 1.49. The van der Waals surface area contributed by atoms with Crippen LogP contribution in [0.4, 0.5) is 20.6 Å². The minimum absolute atomic E-state index is 0.0878. The second kappa shape index (κ2) is 9.97. The van der Waals surface area contributed by atoms with Crippen molar-refractivity contribution < 1.29 is 23.5 Å². The number of carbonyl (C=O) groups is 3. The minimum atomic E-state index is -0.615. The van der Waals surface area contributed by atoms with Gasteiger partial charge in [0.15, 0.2) is 0 Å². The summed E-state index contributed by atoms with van der Waals surface area (Å²) in [6.45, 7) is 8.33. The third kappa shape index (κ3) is 5.11. The number of amides is 3. The first-order chi connectivity index (χ1) is 17.0. The number of anilines is 2. The molecule has 0 aromatic heterocycles. The van der Waals surface area contributed by atoms with Crippen molar-refractivity contribution in [2.75, 3.05) is 30.4 Å². The molecule has 1 unspecified atom stereocenters. The second-order valence-corrected chi connectivity index (χ2v) is 10.7. The van der Waals surface area contributed by atoms with Gasteiger partial charge in [-0.2, -0.15) is 0 Å². The minimum Gasteiger partial charge on any atom is -0.494 e. The predicted molar refractivity (Wildman–Crippen MR) is 141 cm³/mol. The molecule has 2 aromatic rings. The van der Waals surface area contributed by atoms with Gasteiger partial charge in [0.05, 0.1) is 11.5 Å². The van der Waals surface area contributed by atoms with Crippen molar-refractivity contribution in [2.24, 2.45) is 0 Å². The molecule has 0 radical (unpaired) electrons. The molecule has 1 saturated heterocycles. The summed E-state index contributed by atoms with van der Waals surface area (Å²) in [5.74, 6) is -0.714. The average molecular weight is 512 g/mol. The van der Waals surface area contributed by atoms with E-state index in [1.165, 1.54) is 12.1 Å². The van der Waals surface area contributed by atoms with Crippen LogP contribution in [0.1, 0.15) is 51.2 Å². The molecule has 4 rings (SSSR count). The lowest BCUT2D eigenvalue weighted by molar-refractivity contribution is -0.127. The highest BCUT2D eigenvalue weighted by Gasteiger charge is 2.38. The molecular weight excluding hydrogens is 481 g/mol. The predicted octanol–water partition coefficient (Wildman–Crippen LogP) is 5.62. The standard InChI is InChI=1S/C27H30FN3O4S/c1-6-35-19-9-7-18(8-10-19)29-24(32)15-31-25(33)23(36-26(31)34)12-17-11-20-16(2)14-27(3,4)30(5)22(20)13-21(17)28/h7-13,16H,6,14-15H2,1-5H3,(H,29,32)/b23-12+. The number of rotatable bonds is 6. The van der Waals surface area contributed by atoms with Gasteiger partial charge in [-0.15, -0.1) is 0 Å². The smallest absolute Gasteiger partial charge is 0.294 e. The van der Waals surface area contributed by atoms with Crippen molar-refractivity contribution in [1.82, 2.24) is 4.90 Å². The molecule has 0 aliphatic carbocycles. The molecular formula is C27H30FN3O4S. The van der Waals surface area contributed by atoms with E-state index in [1.54, 1.807) is 30.3 Å². The quantitative estimate of drug-likeness (QED) is 0.507. The Morgan fingerprint density at radius 1 is 1.25 bits per heavy atom. The molecule has 0 spiro atoms. The SMILES string of the molecule is CCOc1ccc(NC(=O)CN2C(=O)S/C(=C/c3cc4c(cc3F)N(C)C(C)(C)CC4C)C2=O)cc1. The zero-order valence-electron chi connectivity index (χ0n) is 21.1. The zero-order chi connectivity index (χ0) is 26.2. The maximum Gasteiger partial charge on any atom is 0.294 e. The lowest BCUT2D eigenvalue weighted by Gasteiger charge is -2.45. The molecule has 36 heavy (non-hydrogen) atoms. The highest BCUT2D eigenvalue weighted by Crippen LogP contribution is 2.44. The Labute approximate surface area is 214 Å². The summed E-state index contributed by atoms with van der Waals surface area (Å²) in [6.07, 6.45) is 2.30. The van der Waals surface area contributed by atoms with Crippen LogP contribution in [0.25, 0.3) is 6.08 Å². The van der Waals surface area contributed by atoms with Crippen LogP contribution < -0.4 is 15.0 Å². The van der Waals surface area contributed by atoms with E-state index in [4.69, 9.17) is 4.74 Å². The number of ether oxygens (including phenoxy) is 1. The average Bonchev–Trinajstić information content (AvgIpc) is 3.07. The monoisotopic (exact) mass is 511 g/mol. The highest BCUT2D eigenvalue weighted by atomic mass is 32.2. The van der Waals surface area contributed by atoms with Gasteiger partial charge in [0.1, 0.15) is 18.1 Å². The lowest BCUT2D eigenvalue weighted by Crippen LogP contribution is -2.45. The largest absolute Gasteiger partial charge is 0.494 e. The summed E-state index contributed by atoms with van der Waals surface area (Å²) < 4.78 is 20.4. The van der Waals surface area contributed by atoms with Gasteiger partial charge in [-0.05, 0) is 92.9 Å². The van der Waals surface area contributed by atoms with Gasteiger partial charge < -0.3 is 15.0 Å². The molecule has 2 aliphatic rings. The summed E-state index contributed by atoms with van der Waals surface area (Å²) in [7, 11) is 1.95. The fraction of sp³-hybridized carbons (Fsp3) is 0.370. The highest BCUT2D eigenvalue weighted by molar-refractivity contribution is 8.18. The van der Waals surface area contributed by atoms with Crippen LogP contribution in [0.2, 0.25) is 0 Å². The van der Waals surface area contributed by atoms with Crippen molar-refractivity contribution in [1.29, 1.82) is 0 Å². The number of carbonyl (C=O) groups excluding carboxylic acids is 3. The summed E-state index contributed by atoms with van der Waals surface area (Å²) in [5.41, 5.74) is 2.49. The molecule has 190 valence electrons. The van der Waals surface area contributed by atoms with Crippen LogP contribution in [0.5, 0.6) is 5.75 Å². The normalized spacial score (nSPS) is 20.1. The van der Waals surface area contributed by atoms with Gasteiger partial charge >= 0.3 is 0 Å². The lowest BCUT2D eigenvalue weighted by atomic mass is 9.80. The van der Waals surface area contributed by atoms with E-state index in [0.717, 1.165) is 22.6 Å². The fourth-order valence-electron chi connectivity index (χ4n) is 4.64. The number of nitrogens with zero attached hydrogens (tertiary/aromatic N) is 2. The third-order valence-corrected chi connectivity index (χ3v) is 7.57. The number of hydrogen-bond donors (Lipinski definition) is 1. The first-order valence-corrected chi connectivity index (χ1v) is 12.7. The maximum absolute atomic E-state index is 15.1. The first-order valence-electron chi connectivity index (χ1n) is 11.9. The van der Waals surface area contributed by atoms with Crippen molar-refractivity contribution in [3.63, 3.8) is 0 Å². The van der Waals surface area contributed by atoms with E-state index in [0.29, 0.717) is 29.8 Å². The number of halogens is 1. The summed E-state index contributed by atoms with van der Waals surface area (Å²) >= 11 is 0.704. The molecule has 7 nitrogen and oxygen atoms in total. The van der Waals surface area contributed by atoms with Gasteiger partial charge in [-0.25, -0.2) is 4.39 Å². The molecule has 0 bridgehead atoms. The Bertz CT molecular complexity index is 1240. The number of nitrogens with one attached hydrogen (secondary N) is 1. The molecule has 1 atom stereocenters. The van der Waals surface area contributed by atoms with Crippen molar-refractivity contribution >= 4 is 46.3 Å². The zero-order valence-corrected chi connectivity index (χ0v) is 21.9. The Hall–Kier alpha value is -3.33. The van der Waals surface area contributed by atoms with Crippen LogP contribution in [0, 0.1) is 5.82 Å². The topological polar surface area (TPSA) is 79.0 Å². The van der Waals surface area contributed by atoms with Crippen LogP contribution in [0.3, 0.4) is 0 Å². The van der Waals surface area contributed by atoms with Gasteiger partial charge in [0.2, 0.25) is 5.91 Å². The second-order valence-electron chi connectivity index (χ2n) is 9.68. The summed E-state index contributed by atoms with van der Waals surface area (Å²) in [4.78, 5) is 40.9. The van der Waals surface area contributed by atoms with Gasteiger partial charge in [0, 0.05) is 29.5 Å². The number of benzene rings is 2. The van der Waals surface area contributed by atoms with Gasteiger partial charge in [-0.1, -0.05) is 6.92 Å². The molecule has 9 heteroatoms. The molecule has 1 fully saturated rings. The van der Waals surface area contributed by atoms with E-state index in [1.807, 2.05) is 14.0 Å². The Kier molecular flexibility index (Phi) is 7.13. The first kappa shape index (κ1) is 25.8. The van der Waals surface area contributed by atoms with Crippen molar-refractivity contribution in [3.8, 4) is 5.75 Å². The molecule has 2 heterocycles. The van der Waals surface area contributed by atoms with Crippen molar-refractivity contribution in [3.05, 3.63) is 58.2 Å². The van der Waals surface area contributed by atoms with Crippen LogP contribution in [-0.2, 0) is 9.59 Å². The van der Waals surface area contributed by atoms with Crippen LogP contribution in [-0.4, -0.2) is 47.7 Å². The van der Waals surface area contributed by atoms with E-state index in [9.17, 15) is 14.4 Å². The number of thioether (sulfide) groups is 1. The molecule has 3 amide bonds. The van der Waals surface area contributed by atoms with E-state index in [-0.39, 0.29) is 21.9 Å². The number of fused-ring (bicyclic) bond motifs is 1.